The van der Waals surface area contributed by atoms with Crippen LogP contribution in [0.25, 0.3) is 0 Å². The van der Waals surface area contributed by atoms with E-state index in [1.54, 1.807) is 19.3 Å². The number of rotatable bonds is 10. The van der Waals surface area contributed by atoms with Crippen molar-refractivity contribution in [2.45, 2.75) is 76.7 Å². The quantitative estimate of drug-likeness (QED) is 0.348. The maximum atomic E-state index is 12.3. The Bertz CT molecular complexity index is 1120. The summed E-state index contributed by atoms with van der Waals surface area (Å²) in [5.41, 5.74) is 3.25. The number of aromatic nitrogens is 1. The third kappa shape index (κ3) is 6.16. The molecule has 6 atom stereocenters. The second-order valence-corrected chi connectivity index (χ2v) is 9.87. The standard InChI is InChI=1S/C30H36N2O4/c1-3-4-7-20(2)25(33)13-12-23-26(34)18-27-29(23)24-10-5-8-22(30(24)36-27)9-6-11-28(35)32-19-21-14-16-31-17-15-21/h5,8,10,12-17,20,23,25-27,29,33-34H,6-7,9,11,18-19H2,1-2H3,(H,32,35)/b13-12+/t20-,23+,25-,26-,27+,29+/m1/s1. The first kappa shape index (κ1) is 25.9. The summed E-state index contributed by atoms with van der Waals surface area (Å²) in [7, 11) is 0. The number of hydrogen-bond acceptors (Lipinski definition) is 5. The smallest absolute Gasteiger partial charge is 0.220 e. The number of nitrogens with zero attached hydrogens (tertiary/aromatic N) is 1. The number of aryl methyl sites for hydroxylation is 1. The van der Waals surface area contributed by atoms with Crippen LogP contribution in [0.4, 0.5) is 0 Å². The van der Waals surface area contributed by atoms with Crippen molar-refractivity contribution in [1.29, 1.82) is 0 Å². The molecule has 0 unspecified atom stereocenters. The first-order valence-electron chi connectivity index (χ1n) is 12.9. The van der Waals surface area contributed by atoms with Gasteiger partial charge in [-0.15, -0.1) is 11.8 Å². The van der Waals surface area contributed by atoms with E-state index in [4.69, 9.17) is 4.74 Å². The van der Waals surface area contributed by atoms with Gasteiger partial charge in [0.2, 0.25) is 5.91 Å². The lowest BCUT2D eigenvalue weighted by molar-refractivity contribution is -0.121. The van der Waals surface area contributed by atoms with Gasteiger partial charge in [0.1, 0.15) is 11.9 Å². The van der Waals surface area contributed by atoms with Crippen LogP contribution in [0.3, 0.4) is 0 Å². The molecule has 0 spiro atoms. The van der Waals surface area contributed by atoms with Gasteiger partial charge in [0.15, 0.2) is 0 Å². The molecule has 1 aromatic carbocycles. The minimum absolute atomic E-state index is 0.0307. The highest BCUT2D eigenvalue weighted by molar-refractivity contribution is 5.75. The molecular formula is C30H36N2O4. The zero-order valence-electron chi connectivity index (χ0n) is 21.1. The van der Waals surface area contributed by atoms with Gasteiger partial charge in [-0.25, -0.2) is 0 Å². The number of aliphatic hydroxyl groups is 2. The lowest BCUT2D eigenvalue weighted by Crippen LogP contribution is -2.22. The van der Waals surface area contributed by atoms with Gasteiger partial charge in [-0.3, -0.25) is 9.78 Å². The number of pyridine rings is 1. The van der Waals surface area contributed by atoms with Crippen LogP contribution >= 0.6 is 0 Å². The number of carbonyl (C=O) groups is 1. The van der Waals surface area contributed by atoms with E-state index in [0.29, 0.717) is 25.8 Å². The lowest BCUT2D eigenvalue weighted by atomic mass is 9.86. The molecule has 4 rings (SSSR count). The minimum Gasteiger partial charge on any atom is -0.489 e. The fourth-order valence-electron chi connectivity index (χ4n) is 5.21. The molecule has 1 amide bonds. The van der Waals surface area contributed by atoms with Gasteiger partial charge < -0.3 is 20.3 Å². The minimum atomic E-state index is -0.602. The average Bonchev–Trinajstić information content (AvgIpc) is 3.40. The Morgan fingerprint density at radius 2 is 2.11 bits per heavy atom. The number of carbonyl (C=O) groups excluding carboxylic acids is 1. The summed E-state index contributed by atoms with van der Waals surface area (Å²) in [6, 6.07) is 9.97. The number of aliphatic hydroxyl groups excluding tert-OH is 2. The van der Waals surface area contributed by atoms with Gasteiger partial charge in [0, 0.05) is 55.6 Å². The molecule has 2 aromatic rings. The van der Waals surface area contributed by atoms with Crippen molar-refractivity contribution in [1.82, 2.24) is 10.3 Å². The van der Waals surface area contributed by atoms with Crippen molar-refractivity contribution < 1.29 is 19.7 Å². The maximum Gasteiger partial charge on any atom is 0.220 e. The number of fused-ring (bicyclic) bond motifs is 3. The molecule has 1 aromatic heterocycles. The van der Waals surface area contributed by atoms with Crippen molar-refractivity contribution in [3.63, 3.8) is 0 Å². The molecule has 1 saturated carbocycles. The maximum absolute atomic E-state index is 12.3. The van der Waals surface area contributed by atoms with E-state index in [2.05, 4.69) is 34.3 Å². The van der Waals surface area contributed by atoms with Crippen LogP contribution in [0.2, 0.25) is 0 Å². The zero-order chi connectivity index (χ0) is 25.5. The first-order chi connectivity index (χ1) is 17.5. The van der Waals surface area contributed by atoms with Gasteiger partial charge in [-0.05, 0) is 48.9 Å². The first-order valence-corrected chi connectivity index (χ1v) is 12.9. The van der Waals surface area contributed by atoms with Crippen molar-refractivity contribution in [3.05, 3.63) is 71.6 Å². The molecule has 0 radical (unpaired) electrons. The molecule has 1 aliphatic carbocycles. The second kappa shape index (κ2) is 12.2. The third-order valence-electron chi connectivity index (χ3n) is 7.29. The van der Waals surface area contributed by atoms with Gasteiger partial charge in [0.25, 0.3) is 0 Å². The number of nitrogens with one attached hydrogen (secondary N) is 1. The Labute approximate surface area is 213 Å². The Hall–Kier alpha value is -3.14. The van der Waals surface area contributed by atoms with E-state index in [0.717, 1.165) is 35.3 Å². The molecule has 0 saturated heterocycles. The molecule has 1 aliphatic heterocycles. The molecule has 3 N–H and O–H groups in total. The molecule has 6 heteroatoms. The fraction of sp³-hybridized carbons (Fsp3) is 0.467. The van der Waals surface area contributed by atoms with Gasteiger partial charge in [-0.2, -0.15) is 0 Å². The number of ether oxygens (including phenoxy) is 1. The van der Waals surface area contributed by atoms with Crippen molar-refractivity contribution in [2.75, 3.05) is 0 Å². The van der Waals surface area contributed by atoms with Crippen molar-refractivity contribution in [3.8, 4) is 17.6 Å². The van der Waals surface area contributed by atoms with Crippen LogP contribution in [-0.4, -0.2) is 39.4 Å². The summed E-state index contributed by atoms with van der Waals surface area (Å²) < 4.78 is 6.35. The fourth-order valence-corrected chi connectivity index (χ4v) is 5.21. The molecule has 2 aliphatic rings. The molecule has 1 fully saturated rings. The van der Waals surface area contributed by atoms with Gasteiger partial charge in [-0.1, -0.05) is 37.3 Å². The largest absolute Gasteiger partial charge is 0.489 e. The van der Waals surface area contributed by atoms with Crippen molar-refractivity contribution >= 4 is 5.91 Å². The number of amides is 1. The molecule has 190 valence electrons. The zero-order valence-corrected chi connectivity index (χ0v) is 21.1. The molecule has 2 heterocycles. The van der Waals surface area contributed by atoms with Crippen LogP contribution in [0.1, 0.15) is 62.1 Å². The average molecular weight is 489 g/mol. The van der Waals surface area contributed by atoms with Gasteiger partial charge in [0.05, 0.1) is 12.2 Å². The molecule has 0 bridgehead atoms. The number of hydrogen-bond donors (Lipinski definition) is 3. The van der Waals surface area contributed by atoms with E-state index in [1.165, 1.54) is 0 Å². The third-order valence-corrected chi connectivity index (χ3v) is 7.29. The summed E-state index contributed by atoms with van der Waals surface area (Å²) in [6.07, 6.45) is 9.17. The van der Waals surface area contributed by atoms with E-state index >= 15 is 0 Å². The summed E-state index contributed by atoms with van der Waals surface area (Å²) in [6.45, 7) is 4.28. The Balaban J connectivity index is 1.35. The Morgan fingerprint density at radius 3 is 2.89 bits per heavy atom. The summed E-state index contributed by atoms with van der Waals surface area (Å²) in [5.74, 6) is 6.81. The van der Waals surface area contributed by atoms with E-state index in [9.17, 15) is 15.0 Å². The monoisotopic (exact) mass is 488 g/mol. The predicted octanol–water partition coefficient (Wildman–Crippen LogP) is 3.91. The Morgan fingerprint density at radius 1 is 1.31 bits per heavy atom. The molecule has 6 nitrogen and oxygen atoms in total. The van der Waals surface area contributed by atoms with E-state index < -0.39 is 12.2 Å². The van der Waals surface area contributed by atoms with E-state index in [-0.39, 0.29) is 29.8 Å². The van der Waals surface area contributed by atoms with Crippen LogP contribution in [0.15, 0.2) is 54.9 Å². The highest BCUT2D eigenvalue weighted by Crippen LogP contribution is 2.52. The highest BCUT2D eigenvalue weighted by Gasteiger charge is 2.48. The van der Waals surface area contributed by atoms with Gasteiger partial charge >= 0.3 is 0 Å². The van der Waals surface area contributed by atoms with Crippen LogP contribution in [0, 0.1) is 23.7 Å². The topological polar surface area (TPSA) is 91.7 Å². The highest BCUT2D eigenvalue weighted by atomic mass is 16.5. The number of para-hydroxylation sites is 1. The Kier molecular flexibility index (Phi) is 8.79. The van der Waals surface area contributed by atoms with Crippen LogP contribution in [0.5, 0.6) is 5.75 Å². The second-order valence-electron chi connectivity index (χ2n) is 9.87. The van der Waals surface area contributed by atoms with Crippen LogP contribution in [-0.2, 0) is 17.8 Å². The number of benzene rings is 1. The van der Waals surface area contributed by atoms with Crippen LogP contribution < -0.4 is 10.1 Å². The molecule has 36 heavy (non-hydrogen) atoms. The SMILES string of the molecule is CC#CC[C@@H](C)[C@H](O)/C=C/[C@@H]1[C@H]2c3cccc(CCCC(=O)NCc4ccncc4)c3O[C@H]2C[C@H]1O. The molecular weight excluding hydrogens is 452 g/mol. The summed E-state index contributed by atoms with van der Waals surface area (Å²) >= 11 is 0. The normalized spacial score (nSPS) is 23.8. The van der Waals surface area contributed by atoms with Crippen molar-refractivity contribution in [2.24, 2.45) is 11.8 Å². The predicted molar refractivity (Wildman–Crippen MR) is 139 cm³/mol. The summed E-state index contributed by atoms with van der Waals surface area (Å²) in [4.78, 5) is 16.3. The van der Waals surface area contributed by atoms with E-state index in [1.807, 2.05) is 37.3 Å². The summed E-state index contributed by atoms with van der Waals surface area (Å²) in [5, 5.41) is 24.2. The lowest BCUT2D eigenvalue weighted by Gasteiger charge is -2.19.